The van der Waals surface area contributed by atoms with E-state index < -0.39 is 0 Å². The van der Waals surface area contributed by atoms with Gasteiger partial charge in [0, 0.05) is 11.1 Å². The molecule has 1 aromatic rings. The number of hydrogen-bond acceptors (Lipinski definition) is 3. The second kappa shape index (κ2) is 4.67. The summed E-state index contributed by atoms with van der Waals surface area (Å²) in [4.78, 5) is 5.56. The van der Waals surface area contributed by atoms with Crippen molar-refractivity contribution in [1.82, 2.24) is 4.98 Å². The predicted octanol–water partition coefficient (Wildman–Crippen LogP) is 2.92. The highest BCUT2D eigenvalue weighted by atomic mass is 32.2. The van der Waals surface area contributed by atoms with Gasteiger partial charge in [0.25, 0.3) is 0 Å². The highest BCUT2D eigenvalue weighted by Crippen LogP contribution is 2.26. The fourth-order valence-electron chi connectivity index (χ4n) is 0.777. The second-order valence-corrected chi connectivity index (χ2v) is 4.04. The molecule has 0 aromatic carbocycles. The molecule has 1 nitrogen and oxygen atoms in total. The zero-order chi connectivity index (χ0) is 8.10. The monoisotopic (exact) mass is 185 g/mol. The van der Waals surface area contributed by atoms with Crippen LogP contribution in [0.5, 0.6) is 0 Å². The Hall–Kier alpha value is -0.150. The number of rotatable bonds is 3. The Morgan fingerprint density at radius 2 is 2.36 bits per heavy atom. The number of thioether (sulfide) groups is 2. The lowest BCUT2D eigenvalue weighted by Crippen LogP contribution is -1.82. The van der Waals surface area contributed by atoms with Gasteiger partial charge in [0.2, 0.25) is 0 Å². The zero-order valence-corrected chi connectivity index (χ0v) is 8.34. The first-order valence-electron chi connectivity index (χ1n) is 3.50. The van der Waals surface area contributed by atoms with E-state index in [1.165, 1.54) is 4.90 Å². The summed E-state index contributed by atoms with van der Waals surface area (Å²) in [7, 11) is 0. The summed E-state index contributed by atoms with van der Waals surface area (Å²) in [5.41, 5.74) is 0. The highest BCUT2D eigenvalue weighted by molar-refractivity contribution is 8.01. The molecule has 0 aliphatic heterocycles. The van der Waals surface area contributed by atoms with Gasteiger partial charge in [0.15, 0.2) is 0 Å². The molecule has 0 radical (unpaired) electrons. The van der Waals surface area contributed by atoms with Gasteiger partial charge in [-0.05, 0) is 24.1 Å². The lowest BCUT2D eigenvalue weighted by atomic mass is 10.5. The topological polar surface area (TPSA) is 12.9 Å². The minimum atomic E-state index is 1.09. The van der Waals surface area contributed by atoms with E-state index in [-0.39, 0.29) is 0 Å². The van der Waals surface area contributed by atoms with E-state index in [4.69, 9.17) is 0 Å². The molecule has 0 amide bonds. The minimum Gasteiger partial charge on any atom is -0.249 e. The minimum absolute atomic E-state index is 1.09. The van der Waals surface area contributed by atoms with Crippen LogP contribution in [0.3, 0.4) is 0 Å². The van der Waals surface area contributed by atoms with E-state index in [1.54, 1.807) is 23.5 Å². The SMILES string of the molecule is CCSc1ncccc1SC. The summed E-state index contributed by atoms with van der Waals surface area (Å²) < 4.78 is 0. The van der Waals surface area contributed by atoms with Crippen LogP contribution in [-0.2, 0) is 0 Å². The molecule has 60 valence electrons. The molecule has 0 spiro atoms. The molecule has 0 fully saturated rings. The average molecular weight is 185 g/mol. The summed E-state index contributed by atoms with van der Waals surface area (Å²) in [6.07, 6.45) is 3.93. The summed E-state index contributed by atoms with van der Waals surface area (Å²) in [5.74, 6) is 1.09. The first kappa shape index (κ1) is 8.94. The van der Waals surface area contributed by atoms with Gasteiger partial charge < -0.3 is 0 Å². The molecule has 0 unspecified atom stereocenters. The molecule has 1 aromatic heterocycles. The van der Waals surface area contributed by atoms with Crippen molar-refractivity contribution in [1.29, 1.82) is 0 Å². The largest absolute Gasteiger partial charge is 0.249 e. The number of pyridine rings is 1. The molecule has 0 atom stereocenters. The van der Waals surface area contributed by atoms with Gasteiger partial charge in [0.1, 0.15) is 5.03 Å². The highest BCUT2D eigenvalue weighted by Gasteiger charge is 1.99. The third-order valence-electron chi connectivity index (χ3n) is 1.24. The van der Waals surface area contributed by atoms with E-state index in [1.807, 2.05) is 12.3 Å². The molecule has 0 saturated carbocycles. The summed E-state index contributed by atoms with van der Waals surface area (Å²) in [6.45, 7) is 2.14. The van der Waals surface area contributed by atoms with Crippen molar-refractivity contribution in [2.45, 2.75) is 16.8 Å². The van der Waals surface area contributed by atoms with Crippen molar-refractivity contribution in [3.8, 4) is 0 Å². The van der Waals surface area contributed by atoms with Gasteiger partial charge in [-0.25, -0.2) is 4.98 Å². The first-order valence-corrected chi connectivity index (χ1v) is 5.71. The van der Waals surface area contributed by atoms with Crippen LogP contribution in [0.4, 0.5) is 0 Å². The van der Waals surface area contributed by atoms with Crippen LogP contribution in [0, 0.1) is 0 Å². The smallest absolute Gasteiger partial charge is 0.110 e. The third kappa shape index (κ3) is 2.42. The van der Waals surface area contributed by atoms with E-state index in [0.717, 1.165) is 10.8 Å². The van der Waals surface area contributed by atoms with E-state index in [9.17, 15) is 0 Å². The second-order valence-electron chi connectivity index (χ2n) is 1.94. The van der Waals surface area contributed by atoms with Crippen LogP contribution in [0.2, 0.25) is 0 Å². The third-order valence-corrected chi connectivity index (χ3v) is 3.02. The van der Waals surface area contributed by atoms with Crippen molar-refractivity contribution in [2.24, 2.45) is 0 Å². The summed E-state index contributed by atoms with van der Waals surface area (Å²) in [6, 6.07) is 4.08. The molecule has 1 rings (SSSR count). The molecular formula is C8H11NS2. The van der Waals surface area contributed by atoms with Gasteiger partial charge in [0.05, 0.1) is 0 Å². The Morgan fingerprint density at radius 1 is 1.55 bits per heavy atom. The van der Waals surface area contributed by atoms with E-state index >= 15 is 0 Å². The summed E-state index contributed by atoms with van der Waals surface area (Å²) >= 11 is 3.55. The van der Waals surface area contributed by atoms with E-state index in [2.05, 4.69) is 24.2 Å². The maximum Gasteiger partial charge on any atom is 0.110 e. The standard InChI is InChI=1S/C8H11NS2/c1-3-11-8-7(10-2)5-4-6-9-8/h4-6H,3H2,1-2H3. The van der Waals surface area contributed by atoms with Gasteiger partial charge in [-0.2, -0.15) is 0 Å². The Kier molecular flexibility index (Phi) is 3.80. The normalized spacial score (nSPS) is 10.0. The van der Waals surface area contributed by atoms with Crippen LogP contribution >= 0.6 is 23.5 Å². The molecule has 1 heterocycles. The average Bonchev–Trinajstić information content (AvgIpc) is 2.06. The van der Waals surface area contributed by atoms with Crippen LogP contribution in [0.1, 0.15) is 6.92 Å². The van der Waals surface area contributed by atoms with Crippen molar-refractivity contribution in [3.05, 3.63) is 18.3 Å². The molecule has 0 aliphatic carbocycles. The predicted molar refractivity (Wildman–Crippen MR) is 52.4 cm³/mol. The zero-order valence-electron chi connectivity index (χ0n) is 6.70. The number of nitrogens with zero attached hydrogens (tertiary/aromatic N) is 1. The van der Waals surface area contributed by atoms with Crippen molar-refractivity contribution in [3.63, 3.8) is 0 Å². The molecular weight excluding hydrogens is 174 g/mol. The van der Waals surface area contributed by atoms with Crippen LogP contribution in [0.15, 0.2) is 28.3 Å². The fourth-order valence-corrected chi connectivity index (χ4v) is 2.26. The Bertz CT molecular complexity index is 225. The van der Waals surface area contributed by atoms with Gasteiger partial charge in [-0.15, -0.1) is 23.5 Å². The van der Waals surface area contributed by atoms with Crippen molar-refractivity contribution in [2.75, 3.05) is 12.0 Å². The first-order chi connectivity index (χ1) is 5.38. The molecule has 0 bridgehead atoms. The Morgan fingerprint density at radius 3 is 3.00 bits per heavy atom. The Balaban J connectivity index is 2.83. The number of hydrogen-bond donors (Lipinski definition) is 0. The Labute approximate surface area is 76.0 Å². The van der Waals surface area contributed by atoms with Crippen LogP contribution < -0.4 is 0 Å². The molecule has 3 heteroatoms. The van der Waals surface area contributed by atoms with E-state index in [0.29, 0.717) is 0 Å². The maximum atomic E-state index is 4.28. The van der Waals surface area contributed by atoms with Crippen molar-refractivity contribution < 1.29 is 0 Å². The van der Waals surface area contributed by atoms with Gasteiger partial charge in [-0.1, -0.05) is 6.92 Å². The molecule has 0 saturated heterocycles. The quantitative estimate of drug-likeness (QED) is 0.672. The maximum absolute atomic E-state index is 4.28. The van der Waals surface area contributed by atoms with Crippen LogP contribution in [-0.4, -0.2) is 17.0 Å². The van der Waals surface area contributed by atoms with Crippen molar-refractivity contribution >= 4 is 23.5 Å². The van der Waals surface area contributed by atoms with Gasteiger partial charge in [-0.3, -0.25) is 0 Å². The number of aromatic nitrogens is 1. The summed E-state index contributed by atoms with van der Waals surface area (Å²) in [5, 5.41) is 1.16. The fraction of sp³-hybridized carbons (Fsp3) is 0.375. The van der Waals surface area contributed by atoms with Gasteiger partial charge >= 0.3 is 0 Å². The lowest BCUT2D eigenvalue weighted by molar-refractivity contribution is 1.04. The molecule has 0 aliphatic rings. The molecule has 11 heavy (non-hydrogen) atoms. The van der Waals surface area contributed by atoms with Crippen LogP contribution in [0.25, 0.3) is 0 Å². The lowest BCUT2D eigenvalue weighted by Gasteiger charge is -2.01. The molecule has 0 N–H and O–H groups in total.